The van der Waals surface area contributed by atoms with Gasteiger partial charge in [-0.1, -0.05) is 0 Å². The maximum atomic E-state index is 12.1. The number of aromatic nitrogens is 2. The summed E-state index contributed by atoms with van der Waals surface area (Å²) in [5.41, 5.74) is 0. The number of carboxylic acid groups (broad SMARTS) is 1. The van der Waals surface area contributed by atoms with Crippen molar-refractivity contribution in [1.29, 1.82) is 0 Å². The van der Waals surface area contributed by atoms with Gasteiger partial charge in [0.2, 0.25) is 5.91 Å². The minimum atomic E-state index is -0.708. The fourth-order valence-electron chi connectivity index (χ4n) is 3.15. The van der Waals surface area contributed by atoms with Crippen molar-refractivity contribution in [2.75, 3.05) is 13.1 Å². The number of carboxylic acids is 1. The second-order valence-electron chi connectivity index (χ2n) is 5.36. The molecule has 19 heavy (non-hydrogen) atoms. The molecule has 3 rings (SSSR count). The normalized spacial score (nSPS) is 28.8. The minimum Gasteiger partial charge on any atom is -0.481 e. The van der Waals surface area contributed by atoms with Crippen LogP contribution in [-0.2, 0) is 16.0 Å². The molecule has 0 radical (unpaired) electrons. The number of piperidine rings is 1. The van der Waals surface area contributed by atoms with E-state index in [0.717, 1.165) is 12.2 Å². The average molecular weight is 263 g/mol. The van der Waals surface area contributed by atoms with Crippen LogP contribution in [-0.4, -0.2) is 44.9 Å². The van der Waals surface area contributed by atoms with Crippen LogP contribution in [0.25, 0.3) is 0 Å². The number of nitrogens with one attached hydrogen (secondary N) is 1. The summed E-state index contributed by atoms with van der Waals surface area (Å²) in [7, 11) is 0. The summed E-state index contributed by atoms with van der Waals surface area (Å²) in [6, 6.07) is 0. The zero-order valence-electron chi connectivity index (χ0n) is 10.6. The highest BCUT2D eigenvalue weighted by Gasteiger charge is 2.57. The van der Waals surface area contributed by atoms with Gasteiger partial charge >= 0.3 is 5.97 Å². The summed E-state index contributed by atoms with van der Waals surface area (Å²) in [6.07, 6.45) is 5.29. The third-order valence-electron chi connectivity index (χ3n) is 4.26. The number of carbonyl (C=O) groups is 2. The number of aliphatic carboxylic acids is 1. The molecule has 1 saturated heterocycles. The molecule has 2 N–H and O–H groups in total. The molecule has 0 bridgehead atoms. The largest absolute Gasteiger partial charge is 0.481 e. The van der Waals surface area contributed by atoms with Crippen LogP contribution in [0, 0.1) is 17.8 Å². The van der Waals surface area contributed by atoms with E-state index in [-0.39, 0.29) is 17.7 Å². The first-order chi connectivity index (χ1) is 9.16. The molecule has 1 aromatic rings. The maximum absolute atomic E-state index is 12.1. The summed E-state index contributed by atoms with van der Waals surface area (Å²) < 4.78 is 0. The molecule has 1 saturated carbocycles. The molecule has 0 unspecified atom stereocenters. The molecule has 6 nitrogen and oxygen atoms in total. The quantitative estimate of drug-likeness (QED) is 0.829. The van der Waals surface area contributed by atoms with E-state index in [1.165, 1.54) is 0 Å². The molecule has 102 valence electrons. The number of nitrogens with zero attached hydrogens (tertiary/aromatic N) is 2. The highest BCUT2D eigenvalue weighted by Crippen LogP contribution is 2.51. The molecule has 0 spiro atoms. The van der Waals surface area contributed by atoms with Gasteiger partial charge in [-0.2, -0.15) is 0 Å². The van der Waals surface area contributed by atoms with Gasteiger partial charge in [0.1, 0.15) is 5.82 Å². The van der Waals surface area contributed by atoms with Crippen LogP contribution < -0.4 is 0 Å². The van der Waals surface area contributed by atoms with Crippen LogP contribution in [0.3, 0.4) is 0 Å². The van der Waals surface area contributed by atoms with Gasteiger partial charge < -0.3 is 15.0 Å². The van der Waals surface area contributed by atoms with E-state index in [9.17, 15) is 9.59 Å². The summed E-state index contributed by atoms with van der Waals surface area (Å²) in [5, 5.41) is 9.02. The van der Waals surface area contributed by atoms with Gasteiger partial charge in [0.25, 0.3) is 0 Å². The third kappa shape index (κ3) is 2.34. The van der Waals surface area contributed by atoms with Gasteiger partial charge in [-0.25, -0.2) is 4.98 Å². The molecular weight excluding hydrogens is 246 g/mol. The zero-order valence-corrected chi connectivity index (χ0v) is 10.6. The van der Waals surface area contributed by atoms with Crippen LogP contribution in [0.1, 0.15) is 18.7 Å². The Hall–Kier alpha value is -1.85. The standard InChI is InChI=1S/C13H17N3O3/c17-11(2-1-10-14-4-5-15-10)16-6-3-8-9(7-16)12(8)13(18)19/h4-5,8-9,12H,1-3,6-7H2,(H,14,15)(H,18,19)/t8-,9+,12-/m1/s1. The lowest BCUT2D eigenvalue weighted by molar-refractivity contribution is -0.139. The van der Waals surface area contributed by atoms with Gasteiger partial charge in [0, 0.05) is 38.3 Å². The Morgan fingerprint density at radius 2 is 2.32 bits per heavy atom. The van der Waals surface area contributed by atoms with Crippen LogP contribution in [0.15, 0.2) is 12.4 Å². The number of imidazole rings is 1. The monoisotopic (exact) mass is 263 g/mol. The van der Waals surface area contributed by atoms with Gasteiger partial charge in [-0.15, -0.1) is 0 Å². The van der Waals surface area contributed by atoms with Crippen molar-refractivity contribution in [3.63, 3.8) is 0 Å². The number of amides is 1. The fourth-order valence-corrected chi connectivity index (χ4v) is 3.15. The third-order valence-corrected chi connectivity index (χ3v) is 4.26. The smallest absolute Gasteiger partial charge is 0.307 e. The van der Waals surface area contributed by atoms with E-state index in [2.05, 4.69) is 9.97 Å². The van der Waals surface area contributed by atoms with Crippen molar-refractivity contribution in [2.45, 2.75) is 19.3 Å². The number of fused-ring (bicyclic) bond motifs is 1. The number of hydrogen-bond acceptors (Lipinski definition) is 3. The lowest BCUT2D eigenvalue weighted by atomic mass is 10.1. The highest BCUT2D eigenvalue weighted by molar-refractivity contribution is 5.78. The summed E-state index contributed by atoms with van der Waals surface area (Å²) in [6.45, 7) is 1.31. The lowest BCUT2D eigenvalue weighted by Gasteiger charge is -2.26. The predicted octanol–water partition coefficient (Wildman–Crippen LogP) is 0.521. The average Bonchev–Trinajstić information content (AvgIpc) is 2.89. The predicted molar refractivity (Wildman–Crippen MR) is 66.2 cm³/mol. The molecule has 2 aliphatic rings. The van der Waals surface area contributed by atoms with Crippen LogP contribution in [0.5, 0.6) is 0 Å². The van der Waals surface area contributed by atoms with Crippen molar-refractivity contribution in [2.24, 2.45) is 17.8 Å². The highest BCUT2D eigenvalue weighted by atomic mass is 16.4. The topological polar surface area (TPSA) is 86.3 Å². The van der Waals surface area contributed by atoms with Crippen LogP contribution >= 0.6 is 0 Å². The first-order valence-corrected chi connectivity index (χ1v) is 6.65. The van der Waals surface area contributed by atoms with Crippen molar-refractivity contribution in [1.82, 2.24) is 14.9 Å². The van der Waals surface area contributed by atoms with E-state index >= 15 is 0 Å². The van der Waals surface area contributed by atoms with Gasteiger partial charge in [-0.3, -0.25) is 9.59 Å². The zero-order chi connectivity index (χ0) is 13.4. The fraction of sp³-hybridized carbons (Fsp3) is 0.615. The Kier molecular flexibility index (Phi) is 3.00. The van der Waals surface area contributed by atoms with Gasteiger partial charge in [-0.05, 0) is 18.3 Å². The molecule has 1 aliphatic heterocycles. The van der Waals surface area contributed by atoms with Crippen molar-refractivity contribution >= 4 is 11.9 Å². The van der Waals surface area contributed by atoms with E-state index < -0.39 is 5.97 Å². The number of rotatable bonds is 4. The molecule has 1 aliphatic carbocycles. The summed E-state index contributed by atoms with van der Waals surface area (Å²) in [5.74, 6) is 0.470. The number of likely N-dealkylation sites (tertiary alicyclic amines) is 1. The Morgan fingerprint density at radius 3 is 3.00 bits per heavy atom. The number of aryl methyl sites for hydroxylation is 1. The number of carbonyl (C=O) groups excluding carboxylic acids is 1. The second-order valence-corrected chi connectivity index (χ2v) is 5.36. The Morgan fingerprint density at radius 1 is 1.47 bits per heavy atom. The maximum Gasteiger partial charge on any atom is 0.307 e. The van der Waals surface area contributed by atoms with Gasteiger partial charge in [0.05, 0.1) is 5.92 Å². The van der Waals surface area contributed by atoms with E-state index in [4.69, 9.17) is 5.11 Å². The van der Waals surface area contributed by atoms with Crippen molar-refractivity contribution in [3.8, 4) is 0 Å². The number of hydrogen-bond donors (Lipinski definition) is 2. The number of aromatic amines is 1. The van der Waals surface area contributed by atoms with Crippen molar-refractivity contribution in [3.05, 3.63) is 18.2 Å². The van der Waals surface area contributed by atoms with E-state index in [1.54, 1.807) is 12.4 Å². The Labute approximate surface area is 110 Å². The van der Waals surface area contributed by atoms with Gasteiger partial charge in [0.15, 0.2) is 0 Å². The molecule has 2 heterocycles. The lowest BCUT2D eigenvalue weighted by Crippen LogP contribution is -2.37. The summed E-state index contributed by atoms with van der Waals surface area (Å²) in [4.78, 5) is 31.9. The Bertz CT molecular complexity index is 485. The molecule has 1 amide bonds. The van der Waals surface area contributed by atoms with Crippen LogP contribution in [0.2, 0.25) is 0 Å². The summed E-state index contributed by atoms with van der Waals surface area (Å²) >= 11 is 0. The first-order valence-electron chi connectivity index (χ1n) is 6.65. The molecular formula is C13H17N3O3. The molecule has 3 atom stereocenters. The SMILES string of the molecule is O=C(O)[C@@H]1[C@@H]2CCN(C(=O)CCc3ncc[nH]3)C[C@@H]21. The molecule has 6 heteroatoms. The van der Waals surface area contributed by atoms with E-state index in [1.807, 2.05) is 4.90 Å². The molecule has 1 aromatic heterocycles. The Balaban J connectivity index is 1.50. The van der Waals surface area contributed by atoms with E-state index in [0.29, 0.717) is 31.8 Å². The minimum absolute atomic E-state index is 0.103. The van der Waals surface area contributed by atoms with Crippen LogP contribution in [0.4, 0.5) is 0 Å². The first kappa shape index (κ1) is 12.2. The molecule has 2 fully saturated rings. The second kappa shape index (κ2) is 4.68. The molecule has 0 aromatic carbocycles. The number of H-pyrrole nitrogens is 1. The van der Waals surface area contributed by atoms with Crippen molar-refractivity contribution < 1.29 is 14.7 Å².